The van der Waals surface area contributed by atoms with E-state index in [0.29, 0.717) is 17.4 Å². The van der Waals surface area contributed by atoms with Gasteiger partial charge in [0.05, 0.1) is 5.02 Å². The first kappa shape index (κ1) is 13.5. The molecule has 3 atom stereocenters. The summed E-state index contributed by atoms with van der Waals surface area (Å²) in [6.45, 7) is 4.43. The van der Waals surface area contributed by atoms with Crippen molar-refractivity contribution < 1.29 is 9.18 Å². The summed E-state index contributed by atoms with van der Waals surface area (Å²) >= 11 is 5.72. The average molecular weight is 269 g/mol. The molecule has 98 valence electrons. The molecule has 0 radical (unpaired) electrons. The molecule has 1 nitrogen and oxygen atoms in total. The lowest BCUT2D eigenvalue weighted by Gasteiger charge is -2.31. The summed E-state index contributed by atoms with van der Waals surface area (Å²) in [4.78, 5) is 12.3. The minimum atomic E-state index is -0.473. The quantitative estimate of drug-likeness (QED) is 0.709. The molecule has 0 bridgehead atoms. The Morgan fingerprint density at radius 3 is 2.61 bits per heavy atom. The van der Waals surface area contributed by atoms with E-state index in [2.05, 4.69) is 13.8 Å². The van der Waals surface area contributed by atoms with E-state index in [1.807, 2.05) is 0 Å². The first-order valence-electron chi connectivity index (χ1n) is 6.48. The van der Waals surface area contributed by atoms with Crippen molar-refractivity contribution in [1.29, 1.82) is 0 Å². The van der Waals surface area contributed by atoms with E-state index in [9.17, 15) is 9.18 Å². The number of carbonyl (C=O) groups is 1. The second kappa shape index (κ2) is 5.40. The van der Waals surface area contributed by atoms with Crippen molar-refractivity contribution in [1.82, 2.24) is 0 Å². The van der Waals surface area contributed by atoms with Gasteiger partial charge in [-0.15, -0.1) is 0 Å². The van der Waals surface area contributed by atoms with Crippen LogP contribution in [0.3, 0.4) is 0 Å². The Labute approximate surface area is 112 Å². The Balaban J connectivity index is 2.14. The first-order chi connectivity index (χ1) is 8.49. The summed E-state index contributed by atoms with van der Waals surface area (Å²) in [5.74, 6) is 0.960. The predicted octanol–water partition coefficient (Wildman–Crippen LogP) is 4.73. The molecule has 0 amide bonds. The smallest absolute Gasteiger partial charge is 0.166 e. The van der Waals surface area contributed by atoms with Crippen molar-refractivity contribution in [2.45, 2.75) is 33.1 Å². The van der Waals surface area contributed by atoms with Crippen LogP contribution in [0.15, 0.2) is 18.2 Å². The molecule has 0 saturated heterocycles. The lowest BCUT2D eigenvalue weighted by molar-refractivity contribution is 0.0837. The van der Waals surface area contributed by atoms with Gasteiger partial charge in [0, 0.05) is 11.5 Å². The van der Waals surface area contributed by atoms with Gasteiger partial charge in [0.15, 0.2) is 5.78 Å². The summed E-state index contributed by atoms with van der Waals surface area (Å²) in [6.07, 6.45) is 2.95. The lowest BCUT2D eigenvalue weighted by atomic mass is 9.73. The first-order valence-corrected chi connectivity index (χ1v) is 6.86. The fourth-order valence-corrected chi connectivity index (χ4v) is 2.85. The summed E-state index contributed by atoms with van der Waals surface area (Å²) in [5.41, 5.74) is 0.535. The molecule has 0 aliphatic heterocycles. The van der Waals surface area contributed by atoms with Gasteiger partial charge >= 0.3 is 0 Å². The van der Waals surface area contributed by atoms with Crippen molar-refractivity contribution in [2.75, 3.05) is 0 Å². The van der Waals surface area contributed by atoms with Gasteiger partial charge in [0.25, 0.3) is 0 Å². The summed E-state index contributed by atoms with van der Waals surface area (Å²) in [6, 6.07) is 4.25. The Morgan fingerprint density at radius 1 is 1.28 bits per heavy atom. The SMILES string of the molecule is CC1CCC(C(=O)c2ccc(F)c(Cl)c2)CC1C. The van der Waals surface area contributed by atoms with Crippen LogP contribution in [0.2, 0.25) is 5.02 Å². The van der Waals surface area contributed by atoms with Gasteiger partial charge in [-0.05, 0) is 49.3 Å². The molecule has 3 unspecified atom stereocenters. The minimum Gasteiger partial charge on any atom is -0.294 e. The van der Waals surface area contributed by atoms with Gasteiger partial charge in [-0.2, -0.15) is 0 Å². The van der Waals surface area contributed by atoms with Crippen molar-refractivity contribution in [3.8, 4) is 0 Å². The third-order valence-electron chi connectivity index (χ3n) is 4.17. The second-order valence-electron chi connectivity index (χ2n) is 5.46. The van der Waals surface area contributed by atoms with Crippen LogP contribution in [0.1, 0.15) is 43.5 Å². The highest BCUT2D eigenvalue weighted by molar-refractivity contribution is 6.31. The number of rotatable bonds is 2. The van der Waals surface area contributed by atoms with Crippen molar-refractivity contribution in [3.63, 3.8) is 0 Å². The number of benzene rings is 1. The topological polar surface area (TPSA) is 17.1 Å². The van der Waals surface area contributed by atoms with E-state index in [-0.39, 0.29) is 16.7 Å². The van der Waals surface area contributed by atoms with Crippen molar-refractivity contribution in [2.24, 2.45) is 17.8 Å². The van der Waals surface area contributed by atoms with Crippen LogP contribution in [-0.4, -0.2) is 5.78 Å². The highest BCUT2D eigenvalue weighted by atomic mass is 35.5. The number of ketones is 1. The second-order valence-corrected chi connectivity index (χ2v) is 5.86. The Bertz CT molecular complexity index is 458. The molecule has 0 heterocycles. The van der Waals surface area contributed by atoms with Crippen LogP contribution >= 0.6 is 11.6 Å². The normalized spacial score (nSPS) is 28.1. The molecular formula is C15H18ClFO. The molecule has 0 aromatic heterocycles. The standard InChI is InChI=1S/C15H18ClFO/c1-9-3-4-11(7-10(9)2)15(18)12-5-6-14(17)13(16)8-12/h5-6,8-11H,3-4,7H2,1-2H3. The van der Waals surface area contributed by atoms with Crippen LogP contribution in [0, 0.1) is 23.6 Å². The zero-order valence-corrected chi connectivity index (χ0v) is 11.5. The van der Waals surface area contributed by atoms with Crippen LogP contribution in [0.25, 0.3) is 0 Å². The number of halogens is 2. The maximum atomic E-state index is 13.1. The van der Waals surface area contributed by atoms with Gasteiger partial charge in [-0.1, -0.05) is 25.4 Å². The number of hydrogen-bond donors (Lipinski definition) is 0. The highest BCUT2D eigenvalue weighted by Crippen LogP contribution is 2.35. The molecule has 0 N–H and O–H groups in total. The Hall–Kier alpha value is -0.890. The molecule has 2 rings (SSSR count). The molecule has 3 heteroatoms. The van der Waals surface area contributed by atoms with Crippen LogP contribution in [-0.2, 0) is 0 Å². The Kier molecular flexibility index (Phi) is 4.06. The summed E-state index contributed by atoms with van der Waals surface area (Å²) in [7, 11) is 0. The molecule has 1 saturated carbocycles. The van der Waals surface area contributed by atoms with Gasteiger partial charge < -0.3 is 0 Å². The monoisotopic (exact) mass is 268 g/mol. The third kappa shape index (κ3) is 2.74. The van der Waals surface area contributed by atoms with Crippen molar-refractivity contribution in [3.05, 3.63) is 34.6 Å². The summed E-state index contributed by atoms with van der Waals surface area (Å²) < 4.78 is 13.1. The van der Waals surface area contributed by atoms with Gasteiger partial charge in [-0.3, -0.25) is 4.79 Å². The average Bonchev–Trinajstić information content (AvgIpc) is 2.35. The van der Waals surface area contributed by atoms with Gasteiger partial charge in [-0.25, -0.2) is 4.39 Å². The lowest BCUT2D eigenvalue weighted by Crippen LogP contribution is -2.26. The molecule has 1 aliphatic carbocycles. The molecule has 1 aromatic rings. The van der Waals surface area contributed by atoms with Gasteiger partial charge in [0.1, 0.15) is 5.82 Å². The zero-order valence-electron chi connectivity index (χ0n) is 10.7. The van der Waals surface area contributed by atoms with Crippen molar-refractivity contribution >= 4 is 17.4 Å². The highest BCUT2D eigenvalue weighted by Gasteiger charge is 2.29. The molecule has 0 spiro atoms. The van der Waals surface area contributed by atoms with E-state index < -0.39 is 5.82 Å². The minimum absolute atomic E-state index is 0.0260. The number of hydrogen-bond acceptors (Lipinski definition) is 1. The third-order valence-corrected chi connectivity index (χ3v) is 4.46. The fourth-order valence-electron chi connectivity index (χ4n) is 2.67. The molecular weight excluding hydrogens is 251 g/mol. The zero-order chi connectivity index (χ0) is 13.3. The van der Waals surface area contributed by atoms with Crippen LogP contribution in [0.5, 0.6) is 0 Å². The molecule has 1 fully saturated rings. The maximum absolute atomic E-state index is 13.1. The van der Waals surface area contributed by atoms with Crippen LogP contribution in [0.4, 0.5) is 4.39 Å². The van der Waals surface area contributed by atoms with E-state index >= 15 is 0 Å². The van der Waals surface area contributed by atoms with Gasteiger partial charge in [0.2, 0.25) is 0 Å². The molecule has 1 aliphatic rings. The predicted molar refractivity (Wildman–Crippen MR) is 71.4 cm³/mol. The van der Waals surface area contributed by atoms with E-state index in [1.54, 1.807) is 0 Å². The number of carbonyl (C=O) groups excluding carboxylic acids is 1. The fraction of sp³-hybridized carbons (Fsp3) is 0.533. The van der Waals surface area contributed by atoms with E-state index in [1.165, 1.54) is 18.2 Å². The molecule has 1 aromatic carbocycles. The van der Waals surface area contributed by atoms with E-state index in [4.69, 9.17) is 11.6 Å². The Morgan fingerprint density at radius 2 is 2.00 bits per heavy atom. The maximum Gasteiger partial charge on any atom is 0.166 e. The van der Waals surface area contributed by atoms with E-state index in [0.717, 1.165) is 19.3 Å². The largest absolute Gasteiger partial charge is 0.294 e. The summed E-state index contributed by atoms with van der Waals surface area (Å²) in [5, 5.41) is 0.0260. The number of Topliss-reactive ketones (excluding diaryl/α,β-unsaturated/α-hetero) is 1. The van der Waals surface area contributed by atoms with Crippen LogP contribution < -0.4 is 0 Å². The molecule has 18 heavy (non-hydrogen) atoms.